The zero-order chi connectivity index (χ0) is 10.0. The first-order valence-electron chi connectivity index (χ1n) is 5.60. The van der Waals surface area contributed by atoms with E-state index in [1.165, 1.54) is 24.8 Å². The molecule has 80 valence electrons. The van der Waals surface area contributed by atoms with Crippen LogP contribution in [0.4, 0.5) is 0 Å². The van der Waals surface area contributed by atoms with E-state index in [4.69, 9.17) is 4.52 Å². The van der Waals surface area contributed by atoms with Crippen LogP contribution in [-0.4, -0.2) is 18.4 Å². The van der Waals surface area contributed by atoms with Crippen molar-refractivity contribution in [3.05, 3.63) is 11.6 Å². The number of rotatable bonds is 2. The normalized spacial score (nSPS) is 34.5. The highest BCUT2D eigenvalue weighted by Crippen LogP contribution is 2.54. The Hall–Kier alpha value is -0.0700. The molecule has 0 aromatic rings. The van der Waals surface area contributed by atoms with E-state index in [0.717, 1.165) is 12.8 Å². The minimum absolute atomic E-state index is 0.286. The summed E-state index contributed by atoms with van der Waals surface area (Å²) in [4.78, 5) is 0. The van der Waals surface area contributed by atoms with E-state index in [9.17, 15) is 4.57 Å². The first-order chi connectivity index (χ1) is 6.68. The predicted molar refractivity (Wildman–Crippen MR) is 59.1 cm³/mol. The molecule has 0 spiro atoms. The van der Waals surface area contributed by atoms with Crippen molar-refractivity contribution >= 4 is 7.37 Å². The third-order valence-electron chi connectivity index (χ3n) is 3.10. The lowest BCUT2D eigenvalue weighted by Crippen LogP contribution is -2.15. The van der Waals surface area contributed by atoms with Crippen molar-refractivity contribution in [3.8, 4) is 0 Å². The van der Waals surface area contributed by atoms with E-state index in [1.807, 2.05) is 6.92 Å². The highest BCUT2D eigenvalue weighted by molar-refractivity contribution is 7.59. The third kappa shape index (κ3) is 2.49. The molecule has 0 bridgehead atoms. The molecule has 14 heavy (non-hydrogen) atoms. The van der Waals surface area contributed by atoms with Crippen molar-refractivity contribution in [1.29, 1.82) is 0 Å². The molecular weight excluding hydrogens is 195 g/mol. The van der Waals surface area contributed by atoms with Crippen molar-refractivity contribution < 1.29 is 9.09 Å². The molecule has 0 radical (unpaired) electrons. The zero-order valence-electron chi connectivity index (χ0n) is 8.87. The van der Waals surface area contributed by atoms with Gasteiger partial charge >= 0.3 is 0 Å². The summed E-state index contributed by atoms with van der Waals surface area (Å²) >= 11 is 0. The number of hydrogen-bond acceptors (Lipinski definition) is 2. The van der Waals surface area contributed by atoms with Gasteiger partial charge in [0.05, 0.1) is 6.10 Å². The molecule has 1 saturated carbocycles. The van der Waals surface area contributed by atoms with Crippen LogP contribution < -0.4 is 0 Å². The Kier molecular flexibility index (Phi) is 3.14. The number of allylic oxidation sites excluding steroid dienone is 2. The first-order valence-corrected chi connectivity index (χ1v) is 7.60. The lowest BCUT2D eigenvalue weighted by molar-refractivity contribution is 0.159. The van der Waals surface area contributed by atoms with Gasteiger partial charge in [-0.25, -0.2) is 0 Å². The van der Waals surface area contributed by atoms with Crippen LogP contribution in [0.15, 0.2) is 11.6 Å². The lowest BCUT2D eigenvalue weighted by atomic mass is 9.98. The van der Waals surface area contributed by atoms with Gasteiger partial charge in [0.25, 0.3) is 0 Å². The van der Waals surface area contributed by atoms with E-state index in [2.05, 4.69) is 6.08 Å². The van der Waals surface area contributed by atoms with Gasteiger partial charge in [-0.05, 0) is 19.8 Å². The summed E-state index contributed by atoms with van der Waals surface area (Å²) < 4.78 is 18.0. The molecule has 0 amide bonds. The van der Waals surface area contributed by atoms with Crippen LogP contribution in [0.25, 0.3) is 0 Å². The molecule has 1 atom stereocenters. The fraction of sp³-hybridized carbons (Fsp3) is 0.818. The first kappa shape index (κ1) is 10.4. The zero-order valence-corrected chi connectivity index (χ0v) is 9.76. The highest BCUT2D eigenvalue weighted by atomic mass is 31.2. The summed E-state index contributed by atoms with van der Waals surface area (Å²) in [6.07, 6.45) is 9.78. The van der Waals surface area contributed by atoms with E-state index in [0.29, 0.717) is 12.3 Å². The summed E-state index contributed by atoms with van der Waals surface area (Å²) in [5, 5.41) is 0. The maximum atomic E-state index is 12.2. The summed E-state index contributed by atoms with van der Waals surface area (Å²) in [6.45, 7) is 2.05. The van der Waals surface area contributed by atoms with E-state index >= 15 is 0 Å². The van der Waals surface area contributed by atoms with Gasteiger partial charge in [-0.1, -0.05) is 30.9 Å². The van der Waals surface area contributed by atoms with Crippen molar-refractivity contribution in [2.24, 2.45) is 0 Å². The van der Waals surface area contributed by atoms with Crippen molar-refractivity contribution in [2.75, 3.05) is 12.3 Å². The SMILES string of the molecule is CC1=CC[P@](=O)(OC2CCCCC2)C1. The Morgan fingerprint density at radius 3 is 2.64 bits per heavy atom. The lowest BCUT2D eigenvalue weighted by Gasteiger charge is -2.25. The average Bonchev–Trinajstić information content (AvgIpc) is 2.47. The van der Waals surface area contributed by atoms with Gasteiger partial charge in [0.2, 0.25) is 7.37 Å². The van der Waals surface area contributed by atoms with Crippen molar-refractivity contribution in [1.82, 2.24) is 0 Å². The van der Waals surface area contributed by atoms with Gasteiger partial charge in [0.1, 0.15) is 0 Å². The molecule has 1 aliphatic heterocycles. The van der Waals surface area contributed by atoms with Crippen LogP contribution in [0.2, 0.25) is 0 Å². The molecule has 0 unspecified atom stereocenters. The summed E-state index contributed by atoms with van der Waals surface area (Å²) in [5.74, 6) is 0. The molecule has 0 aromatic heterocycles. The molecule has 2 rings (SSSR count). The van der Waals surface area contributed by atoms with Gasteiger partial charge in [-0.15, -0.1) is 0 Å². The van der Waals surface area contributed by atoms with Crippen LogP contribution in [0.3, 0.4) is 0 Å². The van der Waals surface area contributed by atoms with Gasteiger partial charge in [0.15, 0.2) is 0 Å². The van der Waals surface area contributed by atoms with Gasteiger partial charge < -0.3 is 4.52 Å². The van der Waals surface area contributed by atoms with E-state index in [1.54, 1.807) is 0 Å². The topological polar surface area (TPSA) is 26.3 Å². The molecule has 2 nitrogen and oxygen atoms in total. The molecule has 3 heteroatoms. The molecule has 1 fully saturated rings. The second-order valence-electron chi connectivity index (χ2n) is 4.57. The largest absolute Gasteiger partial charge is 0.325 e. The van der Waals surface area contributed by atoms with Crippen molar-refractivity contribution in [3.63, 3.8) is 0 Å². The Morgan fingerprint density at radius 1 is 1.36 bits per heavy atom. The maximum Gasteiger partial charge on any atom is 0.210 e. The molecular formula is C11H19O2P. The van der Waals surface area contributed by atoms with Crippen molar-refractivity contribution in [2.45, 2.75) is 45.1 Å². The molecule has 0 aromatic carbocycles. The smallest absolute Gasteiger partial charge is 0.210 e. The fourth-order valence-electron chi connectivity index (χ4n) is 2.33. The van der Waals surface area contributed by atoms with Crippen LogP contribution in [0, 0.1) is 0 Å². The monoisotopic (exact) mass is 214 g/mol. The maximum absolute atomic E-state index is 12.2. The summed E-state index contributed by atoms with van der Waals surface area (Å²) in [6, 6.07) is 0. The highest BCUT2D eigenvalue weighted by Gasteiger charge is 2.31. The molecule has 0 saturated heterocycles. The minimum atomic E-state index is -2.29. The quantitative estimate of drug-likeness (QED) is 0.518. The Bertz CT molecular complexity index is 277. The van der Waals surface area contributed by atoms with Crippen LogP contribution in [0.5, 0.6) is 0 Å². The van der Waals surface area contributed by atoms with Crippen LogP contribution in [0.1, 0.15) is 39.0 Å². The minimum Gasteiger partial charge on any atom is -0.325 e. The van der Waals surface area contributed by atoms with E-state index in [-0.39, 0.29) is 6.10 Å². The second kappa shape index (κ2) is 4.20. The van der Waals surface area contributed by atoms with Crippen LogP contribution in [-0.2, 0) is 9.09 Å². The molecule has 1 heterocycles. The Balaban J connectivity index is 1.88. The predicted octanol–water partition coefficient (Wildman–Crippen LogP) is 3.57. The van der Waals surface area contributed by atoms with Crippen LogP contribution >= 0.6 is 7.37 Å². The number of hydrogen-bond donors (Lipinski definition) is 0. The molecule has 0 N–H and O–H groups in total. The molecule has 2 aliphatic rings. The summed E-state index contributed by atoms with van der Waals surface area (Å²) in [5.41, 5.74) is 1.24. The standard InChI is InChI=1S/C11H19O2P/c1-10-7-8-14(12,9-10)13-11-5-3-2-4-6-11/h7,11H,2-6,8-9H2,1H3/t14-/m0/s1. The average molecular weight is 214 g/mol. The van der Waals surface area contributed by atoms with Gasteiger partial charge in [0, 0.05) is 12.3 Å². The summed E-state index contributed by atoms with van der Waals surface area (Å²) in [7, 11) is -2.29. The van der Waals surface area contributed by atoms with E-state index < -0.39 is 7.37 Å². The van der Waals surface area contributed by atoms with Gasteiger partial charge in [-0.2, -0.15) is 0 Å². The van der Waals surface area contributed by atoms with Gasteiger partial charge in [-0.3, -0.25) is 4.57 Å². The molecule has 1 aliphatic carbocycles. The second-order valence-corrected chi connectivity index (χ2v) is 7.09. The third-order valence-corrected chi connectivity index (χ3v) is 5.50. The Labute approximate surface area is 86.2 Å². The fourth-order valence-corrected chi connectivity index (χ4v) is 4.85. The Morgan fingerprint density at radius 2 is 2.07 bits per heavy atom.